The number of benzene rings is 1. The zero-order valence-electron chi connectivity index (χ0n) is 9.98. The second-order valence-electron chi connectivity index (χ2n) is 4.71. The fourth-order valence-corrected chi connectivity index (χ4v) is 2.46. The van der Waals surface area contributed by atoms with Gasteiger partial charge in [0.15, 0.2) is 0 Å². The molecule has 5 nitrogen and oxygen atoms in total. The van der Waals surface area contributed by atoms with Gasteiger partial charge in [0.25, 0.3) is 0 Å². The van der Waals surface area contributed by atoms with Gasteiger partial charge in [-0.2, -0.15) is 0 Å². The van der Waals surface area contributed by atoms with Gasteiger partial charge in [0.1, 0.15) is 6.10 Å². The van der Waals surface area contributed by atoms with Crippen LogP contribution in [-0.2, 0) is 6.54 Å². The van der Waals surface area contributed by atoms with Crippen LogP contribution < -0.4 is 5.32 Å². The molecule has 0 amide bonds. The Kier molecular flexibility index (Phi) is 4.31. The first kappa shape index (κ1) is 13.5. The minimum atomic E-state index is -1.21. The zero-order chi connectivity index (χ0) is 13.1. The lowest BCUT2D eigenvalue weighted by Crippen LogP contribution is -2.43. The lowest BCUT2D eigenvalue weighted by molar-refractivity contribution is -0.0312. The molecule has 100 valence electrons. The molecule has 0 aromatic heterocycles. The number of nitrogens with one attached hydrogen (secondary N) is 1. The third kappa shape index (κ3) is 2.55. The highest BCUT2D eigenvalue weighted by atomic mass is 16.4. The van der Waals surface area contributed by atoms with Gasteiger partial charge in [-0.15, -0.1) is 0 Å². The van der Waals surface area contributed by atoms with Crippen LogP contribution in [0.2, 0.25) is 0 Å². The van der Waals surface area contributed by atoms with Crippen LogP contribution in [0.15, 0.2) is 30.3 Å². The van der Waals surface area contributed by atoms with Crippen molar-refractivity contribution in [2.45, 2.75) is 30.9 Å². The maximum Gasteiger partial charge on any atom is 0.108 e. The van der Waals surface area contributed by atoms with E-state index in [9.17, 15) is 20.4 Å². The van der Waals surface area contributed by atoms with Gasteiger partial charge in [-0.05, 0) is 5.56 Å². The lowest BCUT2D eigenvalue weighted by Gasteiger charge is -2.22. The Morgan fingerprint density at radius 2 is 1.61 bits per heavy atom. The summed E-state index contributed by atoms with van der Waals surface area (Å²) in [4.78, 5) is 0. The van der Waals surface area contributed by atoms with Crippen LogP contribution >= 0.6 is 0 Å². The second-order valence-corrected chi connectivity index (χ2v) is 4.71. The van der Waals surface area contributed by atoms with Gasteiger partial charge in [0.05, 0.1) is 18.8 Å². The normalized spacial score (nSPS) is 35.9. The molecule has 1 aliphatic carbocycles. The largest absolute Gasteiger partial charge is 0.396 e. The molecule has 1 aliphatic rings. The standard InChI is InChI=1S/C13H19NO4/c15-7-9-10(12(17)13(18)11(9)16)14-6-8-4-2-1-3-5-8/h1-5,9-18H,6-7H2. The molecule has 0 heterocycles. The Balaban J connectivity index is 1.99. The average Bonchev–Trinajstić information content (AvgIpc) is 2.61. The van der Waals surface area contributed by atoms with Gasteiger partial charge in [0.2, 0.25) is 0 Å². The van der Waals surface area contributed by atoms with E-state index in [0.717, 1.165) is 5.56 Å². The second kappa shape index (κ2) is 5.77. The number of rotatable bonds is 4. The van der Waals surface area contributed by atoms with Gasteiger partial charge in [-0.1, -0.05) is 30.3 Å². The molecule has 5 unspecified atom stereocenters. The van der Waals surface area contributed by atoms with E-state index in [4.69, 9.17) is 0 Å². The monoisotopic (exact) mass is 253 g/mol. The van der Waals surface area contributed by atoms with Crippen LogP contribution in [0.25, 0.3) is 0 Å². The Hall–Kier alpha value is -0.980. The van der Waals surface area contributed by atoms with Crippen LogP contribution in [0.3, 0.4) is 0 Å². The summed E-state index contributed by atoms with van der Waals surface area (Å²) in [5.74, 6) is -0.557. The van der Waals surface area contributed by atoms with Crippen molar-refractivity contribution in [3.63, 3.8) is 0 Å². The maximum absolute atomic E-state index is 9.82. The highest BCUT2D eigenvalue weighted by Crippen LogP contribution is 2.27. The molecule has 1 aromatic carbocycles. The summed E-state index contributed by atoms with van der Waals surface area (Å²) in [5, 5.41) is 41.4. The summed E-state index contributed by atoms with van der Waals surface area (Å²) in [6, 6.07) is 9.10. The number of hydrogen-bond acceptors (Lipinski definition) is 5. The summed E-state index contributed by atoms with van der Waals surface area (Å²) < 4.78 is 0. The third-order valence-corrected chi connectivity index (χ3v) is 3.56. The van der Waals surface area contributed by atoms with Crippen LogP contribution in [0, 0.1) is 5.92 Å². The van der Waals surface area contributed by atoms with Crippen molar-refractivity contribution < 1.29 is 20.4 Å². The summed E-state index contributed by atoms with van der Waals surface area (Å²) in [5.41, 5.74) is 1.04. The lowest BCUT2D eigenvalue weighted by atomic mass is 10.0. The molecule has 0 bridgehead atoms. The van der Waals surface area contributed by atoms with E-state index in [-0.39, 0.29) is 6.61 Å². The molecule has 0 aliphatic heterocycles. The van der Waals surface area contributed by atoms with E-state index in [1.165, 1.54) is 0 Å². The fraction of sp³-hybridized carbons (Fsp3) is 0.538. The Morgan fingerprint density at radius 1 is 0.944 bits per heavy atom. The summed E-state index contributed by atoms with van der Waals surface area (Å²) in [7, 11) is 0. The first-order valence-corrected chi connectivity index (χ1v) is 6.07. The predicted molar refractivity (Wildman–Crippen MR) is 65.7 cm³/mol. The number of aliphatic hydroxyl groups excluding tert-OH is 4. The van der Waals surface area contributed by atoms with Crippen molar-refractivity contribution in [2.75, 3.05) is 6.61 Å². The first-order chi connectivity index (χ1) is 8.65. The van der Waals surface area contributed by atoms with E-state index >= 15 is 0 Å². The van der Waals surface area contributed by atoms with E-state index in [1.54, 1.807) is 0 Å². The van der Waals surface area contributed by atoms with E-state index in [0.29, 0.717) is 6.54 Å². The summed E-state index contributed by atoms with van der Waals surface area (Å²) >= 11 is 0. The van der Waals surface area contributed by atoms with Crippen LogP contribution in [0.4, 0.5) is 0 Å². The van der Waals surface area contributed by atoms with Gasteiger partial charge < -0.3 is 25.7 Å². The van der Waals surface area contributed by atoms with Crippen molar-refractivity contribution in [3.05, 3.63) is 35.9 Å². The van der Waals surface area contributed by atoms with Crippen molar-refractivity contribution >= 4 is 0 Å². The molecule has 1 fully saturated rings. The highest BCUT2D eigenvalue weighted by molar-refractivity contribution is 5.15. The highest BCUT2D eigenvalue weighted by Gasteiger charge is 2.48. The first-order valence-electron chi connectivity index (χ1n) is 6.07. The molecule has 5 N–H and O–H groups in total. The van der Waals surface area contributed by atoms with Crippen LogP contribution in [0.5, 0.6) is 0 Å². The van der Waals surface area contributed by atoms with Gasteiger partial charge in [-0.3, -0.25) is 0 Å². The molecule has 2 rings (SSSR count). The van der Waals surface area contributed by atoms with E-state index in [2.05, 4.69) is 5.32 Å². The Labute approximate surface area is 106 Å². The van der Waals surface area contributed by atoms with E-state index in [1.807, 2.05) is 30.3 Å². The van der Waals surface area contributed by atoms with Crippen LogP contribution in [0.1, 0.15) is 5.56 Å². The van der Waals surface area contributed by atoms with Gasteiger partial charge in [0, 0.05) is 18.5 Å². The van der Waals surface area contributed by atoms with Crippen molar-refractivity contribution in [1.29, 1.82) is 0 Å². The van der Waals surface area contributed by atoms with Gasteiger partial charge in [-0.25, -0.2) is 0 Å². The SMILES string of the molecule is OCC1C(O)C(O)C(O)C1NCc1ccccc1. The molecular weight excluding hydrogens is 234 g/mol. The molecule has 1 saturated carbocycles. The fourth-order valence-electron chi connectivity index (χ4n) is 2.46. The van der Waals surface area contributed by atoms with E-state index < -0.39 is 30.3 Å². The molecule has 5 atom stereocenters. The third-order valence-electron chi connectivity index (χ3n) is 3.56. The Bertz CT molecular complexity index is 373. The smallest absolute Gasteiger partial charge is 0.108 e. The Morgan fingerprint density at radius 3 is 2.22 bits per heavy atom. The summed E-state index contributed by atoms with van der Waals surface area (Å²) in [6.45, 7) is 0.236. The quantitative estimate of drug-likeness (QED) is 0.467. The van der Waals surface area contributed by atoms with Crippen molar-refractivity contribution in [1.82, 2.24) is 5.32 Å². The van der Waals surface area contributed by atoms with Gasteiger partial charge >= 0.3 is 0 Å². The number of aliphatic hydroxyl groups is 4. The van der Waals surface area contributed by atoms with Crippen molar-refractivity contribution in [3.8, 4) is 0 Å². The molecule has 1 aromatic rings. The summed E-state index contributed by atoms with van der Waals surface area (Å²) in [6.07, 6.45) is -3.38. The maximum atomic E-state index is 9.82. The molecule has 5 heteroatoms. The minimum Gasteiger partial charge on any atom is -0.396 e. The van der Waals surface area contributed by atoms with Crippen molar-refractivity contribution in [2.24, 2.45) is 5.92 Å². The minimum absolute atomic E-state index is 0.276. The topological polar surface area (TPSA) is 93.0 Å². The predicted octanol–water partition coefficient (Wildman–Crippen LogP) is -1.15. The molecule has 0 saturated heterocycles. The molecule has 18 heavy (non-hydrogen) atoms. The molecule has 0 spiro atoms. The molecular formula is C13H19NO4. The molecule has 0 radical (unpaired) electrons. The number of hydrogen-bond donors (Lipinski definition) is 5. The zero-order valence-corrected chi connectivity index (χ0v) is 9.98. The van der Waals surface area contributed by atoms with Crippen LogP contribution in [-0.4, -0.2) is 51.4 Å². The average molecular weight is 253 g/mol.